The Morgan fingerprint density at radius 1 is 1.38 bits per heavy atom. The van der Waals surface area contributed by atoms with Gasteiger partial charge < -0.3 is 16.0 Å². The third-order valence-corrected chi connectivity index (χ3v) is 5.36. The van der Waals surface area contributed by atoms with Gasteiger partial charge in [-0.05, 0) is 52.4 Å². The zero-order valence-corrected chi connectivity index (χ0v) is 17.6. The van der Waals surface area contributed by atoms with Crippen LogP contribution in [-0.4, -0.2) is 55.5 Å². The van der Waals surface area contributed by atoms with Gasteiger partial charge >= 0.3 is 0 Å². The number of carbonyl (C=O) groups is 2. The summed E-state index contributed by atoms with van der Waals surface area (Å²) in [6.45, 7) is 6.52. The van der Waals surface area contributed by atoms with E-state index in [-0.39, 0.29) is 23.8 Å². The molecule has 2 aromatic rings. The summed E-state index contributed by atoms with van der Waals surface area (Å²) in [7, 11) is 0. The number of benzene rings is 1. The number of aromatic nitrogens is 4. The van der Waals surface area contributed by atoms with Gasteiger partial charge in [0.1, 0.15) is 12.4 Å². The fraction of sp³-hybridized carbons (Fsp3) is 0.526. The van der Waals surface area contributed by atoms with Crippen molar-refractivity contribution in [1.82, 2.24) is 30.4 Å². The molecule has 2 atom stereocenters. The van der Waals surface area contributed by atoms with Gasteiger partial charge in [0, 0.05) is 18.1 Å². The van der Waals surface area contributed by atoms with Crippen molar-refractivity contribution in [1.29, 1.82) is 0 Å². The molecule has 156 valence electrons. The number of nitrogens with two attached hydrogens (primary N) is 1. The number of halogens is 1. The molecule has 0 aliphatic carbocycles. The molecule has 1 saturated heterocycles. The number of hydrogen-bond acceptors (Lipinski definition) is 6. The molecule has 0 radical (unpaired) electrons. The summed E-state index contributed by atoms with van der Waals surface area (Å²) in [5, 5.41) is 14.6. The van der Waals surface area contributed by atoms with E-state index in [0.29, 0.717) is 23.7 Å². The minimum absolute atomic E-state index is 0.188. The summed E-state index contributed by atoms with van der Waals surface area (Å²) in [5.74, 6) is -0.396. The van der Waals surface area contributed by atoms with E-state index >= 15 is 0 Å². The highest BCUT2D eigenvalue weighted by molar-refractivity contribution is 6.30. The van der Waals surface area contributed by atoms with Crippen molar-refractivity contribution in [3.8, 4) is 5.69 Å². The van der Waals surface area contributed by atoms with Gasteiger partial charge in [-0.15, -0.1) is 5.10 Å². The summed E-state index contributed by atoms with van der Waals surface area (Å²) in [4.78, 5) is 27.3. The smallest absolute Gasteiger partial charge is 0.243 e. The number of amides is 2. The van der Waals surface area contributed by atoms with Crippen molar-refractivity contribution < 1.29 is 9.59 Å². The lowest BCUT2D eigenvalue weighted by Crippen LogP contribution is -2.54. The van der Waals surface area contributed by atoms with Gasteiger partial charge in [0.15, 0.2) is 0 Å². The van der Waals surface area contributed by atoms with Crippen LogP contribution < -0.4 is 11.1 Å². The second-order valence-electron chi connectivity index (χ2n) is 8.28. The van der Waals surface area contributed by atoms with Crippen molar-refractivity contribution in [2.45, 2.75) is 52.2 Å². The average Bonchev–Trinajstić information content (AvgIpc) is 3.36. The van der Waals surface area contributed by atoms with E-state index in [0.717, 1.165) is 12.0 Å². The normalized spacial score (nSPS) is 18.0. The van der Waals surface area contributed by atoms with Crippen LogP contribution in [0.15, 0.2) is 24.5 Å². The highest BCUT2D eigenvalue weighted by atomic mass is 35.5. The van der Waals surface area contributed by atoms with Crippen LogP contribution in [0.1, 0.15) is 39.2 Å². The van der Waals surface area contributed by atoms with Gasteiger partial charge in [-0.3, -0.25) is 9.59 Å². The molecule has 0 saturated carbocycles. The molecule has 0 bridgehead atoms. The third-order valence-electron chi connectivity index (χ3n) is 5.13. The van der Waals surface area contributed by atoms with E-state index in [1.54, 1.807) is 23.1 Å². The lowest BCUT2D eigenvalue weighted by Gasteiger charge is -2.32. The molecule has 1 aliphatic rings. The quantitative estimate of drug-likeness (QED) is 0.753. The first-order valence-electron chi connectivity index (χ1n) is 9.54. The minimum Gasteiger partial charge on any atom is -0.350 e. The predicted octanol–water partition coefficient (Wildman–Crippen LogP) is 1.30. The van der Waals surface area contributed by atoms with Crippen molar-refractivity contribution >= 4 is 23.4 Å². The van der Waals surface area contributed by atoms with Crippen LogP contribution in [0.5, 0.6) is 0 Å². The van der Waals surface area contributed by atoms with Crippen LogP contribution in [0.2, 0.25) is 5.02 Å². The first kappa shape index (κ1) is 21.2. The average molecular weight is 420 g/mol. The third kappa shape index (κ3) is 4.73. The lowest BCUT2D eigenvalue weighted by atomic mass is 9.86. The second kappa shape index (κ2) is 8.46. The van der Waals surface area contributed by atoms with Gasteiger partial charge in [-0.1, -0.05) is 32.4 Å². The summed E-state index contributed by atoms with van der Waals surface area (Å²) < 4.78 is 1.51. The van der Waals surface area contributed by atoms with E-state index in [2.05, 4.69) is 20.8 Å². The van der Waals surface area contributed by atoms with Crippen molar-refractivity contribution in [2.75, 3.05) is 6.54 Å². The van der Waals surface area contributed by atoms with Crippen LogP contribution in [0.3, 0.4) is 0 Å². The topological polar surface area (TPSA) is 119 Å². The Morgan fingerprint density at radius 3 is 2.79 bits per heavy atom. The molecule has 3 rings (SSSR count). The number of tetrazole rings is 1. The SMILES string of the molecule is CC(C)(C)[C@@H](N)C(=O)N1CCC[C@H]1C(=O)NCc1cc(Cl)ccc1-n1cnnn1. The number of nitrogens with one attached hydrogen (secondary N) is 1. The van der Waals surface area contributed by atoms with Gasteiger partial charge in [-0.25, -0.2) is 4.68 Å². The fourth-order valence-corrected chi connectivity index (χ4v) is 3.54. The maximum Gasteiger partial charge on any atom is 0.243 e. The number of likely N-dealkylation sites (tertiary alicyclic amines) is 1. The van der Waals surface area contributed by atoms with Gasteiger partial charge in [-0.2, -0.15) is 0 Å². The zero-order chi connectivity index (χ0) is 21.2. The van der Waals surface area contributed by atoms with Crippen LogP contribution in [0.25, 0.3) is 5.69 Å². The van der Waals surface area contributed by atoms with E-state index in [9.17, 15) is 9.59 Å². The monoisotopic (exact) mass is 419 g/mol. The van der Waals surface area contributed by atoms with E-state index in [4.69, 9.17) is 17.3 Å². The second-order valence-corrected chi connectivity index (χ2v) is 8.72. The fourth-order valence-electron chi connectivity index (χ4n) is 3.34. The molecule has 29 heavy (non-hydrogen) atoms. The standard InChI is InChI=1S/C19H26ClN7O2/c1-19(2,3)16(21)18(29)26-8-4-5-15(26)17(28)22-10-12-9-13(20)6-7-14(12)27-11-23-24-25-27/h6-7,9,11,15-16H,4-5,8,10,21H2,1-3H3,(H,22,28)/t15-,16-/m0/s1. The van der Waals surface area contributed by atoms with Crippen LogP contribution in [0, 0.1) is 5.41 Å². The Labute approximate surface area is 174 Å². The molecule has 2 heterocycles. The summed E-state index contributed by atoms with van der Waals surface area (Å²) in [6.07, 6.45) is 2.86. The van der Waals surface area contributed by atoms with Crippen molar-refractivity contribution in [2.24, 2.45) is 11.1 Å². The molecule has 2 amide bonds. The number of carbonyl (C=O) groups excluding carboxylic acids is 2. The Hall–Kier alpha value is -2.52. The first-order chi connectivity index (χ1) is 13.7. The molecule has 0 unspecified atom stereocenters. The number of hydrogen-bond donors (Lipinski definition) is 2. The van der Waals surface area contributed by atoms with Crippen LogP contribution in [-0.2, 0) is 16.1 Å². The summed E-state index contributed by atoms with van der Waals surface area (Å²) in [6, 6.07) is 4.09. The summed E-state index contributed by atoms with van der Waals surface area (Å²) in [5.41, 5.74) is 7.24. The van der Waals surface area contributed by atoms with Gasteiger partial charge in [0.2, 0.25) is 11.8 Å². The Kier molecular flexibility index (Phi) is 6.18. The van der Waals surface area contributed by atoms with Gasteiger partial charge in [0.05, 0.1) is 11.7 Å². The maximum atomic E-state index is 12.9. The van der Waals surface area contributed by atoms with E-state index in [1.165, 1.54) is 11.0 Å². The van der Waals surface area contributed by atoms with Gasteiger partial charge in [0.25, 0.3) is 0 Å². The van der Waals surface area contributed by atoms with E-state index < -0.39 is 12.1 Å². The highest BCUT2D eigenvalue weighted by Gasteiger charge is 2.39. The molecule has 9 nitrogen and oxygen atoms in total. The molecule has 10 heteroatoms. The Balaban J connectivity index is 1.71. The first-order valence-corrected chi connectivity index (χ1v) is 9.92. The molecule has 1 aromatic carbocycles. The molecule has 1 aromatic heterocycles. The Bertz CT molecular complexity index is 879. The zero-order valence-electron chi connectivity index (χ0n) is 16.8. The maximum absolute atomic E-state index is 12.9. The number of nitrogens with zero attached hydrogens (tertiary/aromatic N) is 5. The minimum atomic E-state index is -0.657. The number of rotatable bonds is 5. The van der Waals surface area contributed by atoms with Crippen molar-refractivity contribution in [3.05, 3.63) is 35.1 Å². The molecule has 1 fully saturated rings. The molecular weight excluding hydrogens is 394 g/mol. The summed E-state index contributed by atoms with van der Waals surface area (Å²) >= 11 is 6.12. The van der Waals surface area contributed by atoms with Crippen molar-refractivity contribution in [3.63, 3.8) is 0 Å². The van der Waals surface area contributed by atoms with Crippen LogP contribution in [0.4, 0.5) is 0 Å². The largest absolute Gasteiger partial charge is 0.350 e. The molecule has 1 aliphatic heterocycles. The highest BCUT2D eigenvalue weighted by Crippen LogP contribution is 2.25. The molecular formula is C19H26ClN7O2. The Morgan fingerprint density at radius 2 is 2.14 bits per heavy atom. The van der Waals surface area contributed by atoms with Crippen LogP contribution >= 0.6 is 11.6 Å². The molecule has 0 spiro atoms. The lowest BCUT2D eigenvalue weighted by molar-refractivity contribution is -0.141. The predicted molar refractivity (Wildman–Crippen MR) is 108 cm³/mol. The molecule has 3 N–H and O–H groups in total. The van der Waals surface area contributed by atoms with E-state index in [1.807, 2.05) is 20.8 Å².